The van der Waals surface area contributed by atoms with Gasteiger partial charge in [-0.05, 0) is 41.8 Å². The molecule has 0 saturated carbocycles. The molecular weight excluding hydrogens is 238 g/mol. The molecule has 0 spiro atoms. The summed E-state index contributed by atoms with van der Waals surface area (Å²) < 4.78 is 0. The Balaban J connectivity index is 1.80. The molecule has 96 valence electrons. The molecule has 1 unspecified atom stereocenters. The molecule has 2 aromatic carbocycles. The largest absolute Gasteiger partial charge is 0.508 e. The second-order valence-corrected chi connectivity index (χ2v) is 4.87. The van der Waals surface area contributed by atoms with E-state index >= 15 is 0 Å². The van der Waals surface area contributed by atoms with Gasteiger partial charge in [0.05, 0.1) is 5.92 Å². The van der Waals surface area contributed by atoms with Crippen LogP contribution in [0.1, 0.15) is 17.0 Å². The molecule has 2 aromatic rings. The fourth-order valence-corrected chi connectivity index (χ4v) is 2.52. The Hall–Kier alpha value is -2.29. The van der Waals surface area contributed by atoms with Gasteiger partial charge >= 0.3 is 0 Å². The summed E-state index contributed by atoms with van der Waals surface area (Å²) in [5.41, 5.74) is 3.20. The molecule has 3 nitrogen and oxygen atoms in total. The first-order valence-corrected chi connectivity index (χ1v) is 6.31. The van der Waals surface area contributed by atoms with E-state index < -0.39 is 0 Å². The Morgan fingerprint density at radius 1 is 1.16 bits per heavy atom. The smallest absolute Gasteiger partial charge is 0.234 e. The number of hydrogen-bond donors (Lipinski definition) is 1. The quantitative estimate of drug-likeness (QED) is 0.894. The van der Waals surface area contributed by atoms with Crippen LogP contribution in [-0.2, 0) is 11.2 Å². The maximum absolute atomic E-state index is 12.4. The number of nitrogens with zero attached hydrogens (tertiary/aromatic N) is 1. The monoisotopic (exact) mass is 253 g/mol. The molecule has 0 fully saturated rings. The van der Waals surface area contributed by atoms with Crippen LogP contribution in [0.15, 0.2) is 48.5 Å². The molecule has 1 aliphatic rings. The summed E-state index contributed by atoms with van der Waals surface area (Å²) in [6, 6.07) is 14.7. The molecule has 1 N–H and O–H groups in total. The van der Waals surface area contributed by atoms with Crippen LogP contribution >= 0.6 is 0 Å². The summed E-state index contributed by atoms with van der Waals surface area (Å²) in [7, 11) is 1.77. The molecule has 1 amide bonds. The van der Waals surface area contributed by atoms with Gasteiger partial charge in [-0.25, -0.2) is 0 Å². The van der Waals surface area contributed by atoms with E-state index in [1.165, 1.54) is 5.56 Å². The maximum atomic E-state index is 12.4. The topological polar surface area (TPSA) is 40.5 Å². The number of carbonyl (C=O) groups excluding carboxylic acids is 1. The highest BCUT2D eigenvalue weighted by Gasteiger charge is 2.33. The zero-order chi connectivity index (χ0) is 13.4. The lowest BCUT2D eigenvalue weighted by atomic mass is 9.77. The van der Waals surface area contributed by atoms with Crippen LogP contribution in [0.4, 0.5) is 5.69 Å². The molecule has 3 rings (SSSR count). The van der Waals surface area contributed by atoms with E-state index in [-0.39, 0.29) is 17.6 Å². The van der Waals surface area contributed by atoms with Crippen LogP contribution < -0.4 is 4.90 Å². The highest BCUT2D eigenvalue weighted by atomic mass is 16.3. The number of amides is 1. The molecule has 1 aliphatic carbocycles. The van der Waals surface area contributed by atoms with E-state index in [4.69, 9.17) is 0 Å². The molecular formula is C16H15NO2. The number of carbonyl (C=O) groups is 1. The van der Waals surface area contributed by atoms with Crippen molar-refractivity contribution >= 4 is 11.6 Å². The summed E-state index contributed by atoms with van der Waals surface area (Å²) in [4.78, 5) is 14.1. The fraction of sp³-hybridized carbons (Fsp3) is 0.188. The number of likely N-dealkylation sites (N-methyl/N-ethyl adjacent to an activating group) is 1. The van der Waals surface area contributed by atoms with E-state index in [1.54, 1.807) is 36.2 Å². The summed E-state index contributed by atoms with van der Waals surface area (Å²) in [6.45, 7) is 0. The van der Waals surface area contributed by atoms with Crippen molar-refractivity contribution in [1.29, 1.82) is 0 Å². The number of benzene rings is 2. The van der Waals surface area contributed by atoms with Gasteiger partial charge in [-0.2, -0.15) is 0 Å². The van der Waals surface area contributed by atoms with E-state index in [0.29, 0.717) is 0 Å². The van der Waals surface area contributed by atoms with Crippen LogP contribution in [0.5, 0.6) is 5.75 Å². The number of phenols is 1. The molecule has 0 radical (unpaired) electrons. The minimum atomic E-state index is -0.0324. The van der Waals surface area contributed by atoms with Crippen LogP contribution in [0.25, 0.3) is 0 Å². The van der Waals surface area contributed by atoms with Gasteiger partial charge in [-0.1, -0.05) is 24.3 Å². The number of phenolic OH excluding ortho intramolecular Hbond substituents is 1. The van der Waals surface area contributed by atoms with Crippen LogP contribution in [0, 0.1) is 0 Å². The van der Waals surface area contributed by atoms with Gasteiger partial charge in [-0.15, -0.1) is 0 Å². The van der Waals surface area contributed by atoms with E-state index in [0.717, 1.165) is 17.7 Å². The van der Waals surface area contributed by atoms with Crippen molar-refractivity contribution in [1.82, 2.24) is 0 Å². The molecule has 0 aliphatic heterocycles. The maximum Gasteiger partial charge on any atom is 0.234 e. The van der Waals surface area contributed by atoms with Gasteiger partial charge in [0.15, 0.2) is 0 Å². The molecule has 0 bridgehead atoms. The summed E-state index contributed by atoms with van der Waals surface area (Å²) in [6.07, 6.45) is 0.817. The van der Waals surface area contributed by atoms with Crippen molar-refractivity contribution < 1.29 is 9.90 Å². The first kappa shape index (κ1) is 11.8. The first-order valence-electron chi connectivity index (χ1n) is 6.31. The van der Waals surface area contributed by atoms with Crippen molar-refractivity contribution in [2.75, 3.05) is 11.9 Å². The standard InChI is InChI=1S/C16H15NO2/c1-17(12-6-8-13(18)9-7-12)16(19)15-10-11-4-2-3-5-14(11)15/h2-9,15,18H,10H2,1H3. The second-order valence-electron chi connectivity index (χ2n) is 4.87. The van der Waals surface area contributed by atoms with Gasteiger partial charge in [0.1, 0.15) is 5.75 Å². The van der Waals surface area contributed by atoms with Crippen molar-refractivity contribution in [2.24, 2.45) is 0 Å². The summed E-state index contributed by atoms with van der Waals surface area (Å²) in [5, 5.41) is 9.27. The minimum Gasteiger partial charge on any atom is -0.508 e. The average molecular weight is 253 g/mol. The Bertz CT molecular complexity index is 619. The van der Waals surface area contributed by atoms with Crippen molar-refractivity contribution in [3.8, 4) is 5.75 Å². The third-order valence-corrected chi connectivity index (χ3v) is 3.72. The highest BCUT2D eigenvalue weighted by Crippen LogP contribution is 2.36. The first-order chi connectivity index (χ1) is 9.16. The SMILES string of the molecule is CN(C(=O)C1Cc2ccccc21)c1ccc(O)cc1. The van der Waals surface area contributed by atoms with Gasteiger partial charge in [0.25, 0.3) is 0 Å². The average Bonchev–Trinajstić information content (AvgIpc) is 2.40. The third kappa shape index (κ3) is 1.97. The predicted molar refractivity (Wildman–Crippen MR) is 74.4 cm³/mol. The van der Waals surface area contributed by atoms with Crippen molar-refractivity contribution in [3.05, 3.63) is 59.7 Å². The van der Waals surface area contributed by atoms with Crippen LogP contribution in [0.2, 0.25) is 0 Å². The summed E-state index contributed by atoms with van der Waals surface area (Å²) >= 11 is 0. The number of hydrogen-bond acceptors (Lipinski definition) is 2. The Morgan fingerprint density at radius 2 is 1.84 bits per heavy atom. The van der Waals surface area contributed by atoms with Crippen molar-refractivity contribution in [3.63, 3.8) is 0 Å². The highest BCUT2D eigenvalue weighted by molar-refractivity contribution is 5.99. The lowest BCUT2D eigenvalue weighted by Gasteiger charge is -2.32. The molecule has 19 heavy (non-hydrogen) atoms. The molecule has 0 saturated heterocycles. The normalized spacial score (nSPS) is 16.4. The molecule has 0 aromatic heterocycles. The van der Waals surface area contributed by atoms with Crippen LogP contribution in [0.3, 0.4) is 0 Å². The number of rotatable bonds is 2. The molecule has 3 heteroatoms. The van der Waals surface area contributed by atoms with Crippen LogP contribution in [-0.4, -0.2) is 18.1 Å². The molecule has 0 heterocycles. The van der Waals surface area contributed by atoms with Gasteiger partial charge in [0.2, 0.25) is 5.91 Å². The van der Waals surface area contributed by atoms with Gasteiger partial charge < -0.3 is 10.0 Å². The minimum absolute atomic E-state index is 0.0324. The Morgan fingerprint density at radius 3 is 2.53 bits per heavy atom. The summed E-state index contributed by atoms with van der Waals surface area (Å²) in [5.74, 6) is 0.276. The Labute approximate surface area is 112 Å². The number of aromatic hydroxyl groups is 1. The lowest BCUT2D eigenvalue weighted by Crippen LogP contribution is -2.36. The zero-order valence-electron chi connectivity index (χ0n) is 10.7. The lowest BCUT2D eigenvalue weighted by molar-refractivity contribution is -0.120. The fourth-order valence-electron chi connectivity index (χ4n) is 2.52. The van der Waals surface area contributed by atoms with E-state index in [9.17, 15) is 9.90 Å². The third-order valence-electron chi connectivity index (χ3n) is 3.72. The number of anilines is 1. The zero-order valence-corrected chi connectivity index (χ0v) is 10.7. The number of fused-ring (bicyclic) bond motifs is 1. The van der Waals surface area contributed by atoms with Gasteiger partial charge in [0, 0.05) is 12.7 Å². The van der Waals surface area contributed by atoms with Crippen molar-refractivity contribution in [2.45, 2.75) is 12.3 Å². The van der Waals surface area contributed by atoms with E-state index in [2.05, 4.69) is 6.07 Å². The van der Waals surface area contributed by atoms with E-state index in [1.807, 2.05) is 18.2 Å². The van der Waals surface area contributed by atoms with Gasteiger partial charge in [-0.3, -0.25) is 4.79 Å². The second kappa shape index (κ2) is 4.43. The Kier molecular flexibility index (Phi) is 2.75. The molecule has 1 atom stereocenters. The predicted octanol–water partition coefficient (Wildman–Crippen LogP) is 2.69.